The second kappa shape index (κ2) is 9.08. The van der Waals surface area contributed by atoms with Crippen LogP contribution in [0.5, 0.6) is 0 Å². The van der Waals surface area contributed by atoms with Gasteiger partial charge in [0.2, 0.25) is 0 Å². The standard InChI is InChI=1S/C15H23BrN2O2/c1-3-6-13(17-11-4-2)10-9-12-7-5-8-14(15(12)16)18(19)20/h5,7-8,13,17H,3-4,6,9-11H2,1-2H3. The van der Waals surface area contributed by atoms with Crippen molar-refractivity contribution in [3.8, 4) is 0 Å². The first-order valence-electron chi connectivity index (χ1n) is 7.25. The molecule has 112 valence electrons. The van der Waals surface area contributed by atoms with Crippen LogP contribution in [0.2, 0.25) is 0 Å². The van der Waals surface area contributed by atoms with Gasteiger partial charge in [-0.25, -0.2) is 0 Å². The van der Waals surface area contributed by atoms with E-state index in [4.69, 9.17) is 0 Å². The zero-order valence-electron chi connectivity index (χ0n) is 12.2. The zero-order chi connectivity index (χ0) is 15.0. The predicted molar refractivity (Wildman–Crippen MR) is 86.1 cm³/mol. The molecule has 0 aromatic heterocycles. The summed E-state index contributed by atoms with van der Waals surface area (Å²) in [6.07, 6.45) is 5.28. The number of nitrogens with one attached hydrogen (secondary N) is 1. The molecule has 0 aliphatic rings. The van der Waals surface area contributed by atoms with E-state index in [9.17, 15) is 10.1 Å². The Morgan fingerprint density at radius 1 is 1.30 bits per heavy atom. The molecular formula is C15H23BrN2O2. The molecule has 1 N–H and O–H groups in total. The van der Waals surface area contributed by atoms with Crippen molar-refractivity contribution in [1.82, 2.24) is 5.32 Å². The van der Waals surface area contributed by atoms with E-state index in [-0.39, 0.29) is 10.6 Å². The Morgan fingerprint density at radius 2 is 2.05 bits per heavy atom. The van der Waals surface area contributed by atoms with Crippen molar-refractivity contribution < 1.29 is 4.92 Å². The fraction of sp³-hybridized carbons (Fsp3) is 0.600. The van der Waals surface area contributed by atoms with Gasteiger partial charge in [0.25, 0.3) is 5.69 Å². The predicted octanol–water partition coefficient (Wildman–Crippen LogP) is 4.46. The third-order valence-electron chi connectivity index (χ3n) is 3.34. The third kappa shape index (κ3) is 5.21. The minimum atomic E-state index is -0.341. The average Bonchev–Trinajstić information content (AvgIpc) is 2.42. The molecule has 0 aliphatic carbocycles. The molecule has 0 amide bonds. The van der Waals surface area contributed by atoms with Crippen molar-refractivity contribution in [2.24, 2.45) is 0 Å². The lowest BCUT2D eigenvalue weighted by Crippen LogP contribution is -2.30. The van der Waals surface area contributed by atoms with Crippen molar-refractivity contribution in [1.29, 1.82) is 0 Å². The Balaban J connectivity index is 2.67. The van der Waals surface area contributed by atoms with E-state index >= 15 is 0 Å². The SMILES string of the molecule is CCCNC(CCC)CCc1cccc([N+](=O)[O-])c1Br. The van der Waals surface area contributed by atoms with Gasteiger partial charge in [0.1, 0.15) is 0 Å². The number of halogens is 1. The van der Waals surface area contributed by atoms with E-state index < -0.39 is 0 Å². The highest BCUT2D eigenvalue weighted by Crippen LogP contribution is 2.29. The Labute approximate surface area is 129 Å². The van der Waals surface area contributed by atoms with Gasteiger partial charge in [-0.1, -0.05) is 32.4 Å². The first-order chi connectivity index (χ1) is 9.60. The molecule has 0 saturated carbocycles. The molecule has 0 heterocycles. The maximum absolute atomic E-state index is 10.9. The van der Waals surface area contributed by atoms with Gasteiger partial charge in [-0.3, -0.25) is 10.1 Å². The van der Waals surface area contributed by atoms with Crippen LogP contribution in [-0.2, 0) is 6.42 Å². The van der Waals surface area contributed by atoms with E-state index in [2.05, 4.69) is 35.1 Å². The summed E-state index contributed by atoms with van der Waals surface area (Å²) in [6, 6.07) is 5.74. The van der Waals surface area contributed by atoms with Crippen LogP contribution in [0.25, 0.3) is 0 Å². The molecule has 1 atom stereocenters. The number of nitro benzene ring substituents is 1. The van der Waals surface area contributed by atoms with E-state index in [0.717, 1.165) is 44.2 Å². The molecular weight excluding hydrogens is 320 g/mol. The van der Waals surface area contributed by atoms with Crippen LogP contribution in [-0.4, -0.2) is 17.5 Å². The fourth-order valence-electron chi connectivity index (χ4n) is 2.28. The second-order valence-electron chi connectivity index (χ2n) is 4.99. The Morgan fingerprint density at radius 3 is 2.65 bits per heavy atom. The van der Waals surface area contributed by atoms with Crippen LogP contribution < -0.4 is 5.32 Å². The minimum Gasteiger partial charge on any atom is -0.314 e. The monoisotopic (exact) mass is 342 g/mol. The summed E-state index contributed by atoms with van der Waals surface area (Å²) in [7, 11) is 0. The van der Waals surface area contributed by atoms with Crippen LogP contribution in [0.15, 0.2) is 22.7 Å². The normalized spacial score (nSPS) is 12.3. The summed E-state index contributed by atoms with van der Waals surface area (Å²) < 4.78 is 0.621. The maximum Gasteiger partial charge on any atom is 0.283 e. The van der Waals surface area contributed by atoms with Gasteiger partial charge in [-0.05, 0) is 53.7 Å². The highest BCUT2D eigenvalue weighted by atomic mass is 79.9. The van der Waals surface area contributed by atoms with Crippen LogP contribution in [0.3, 0.4) is 0 Å². The van der Waals surface area contributed by atoms with Crippen LogP contribution >= 0.6 is 15.9 Å². The van der Waals surface area contributed by atoms with Gasteiger partial charge >= 0.3 is 0 Å². The molecule has 5 heteroatoms. The number of benzene rings is 1. The lowest BCUT2D eigenvalue weighted by Gasteiger charge is -2.18. The Bertz CT molecular complexity index is 438. The van der Waals surface area contributed by atoms with Gasteiger partial charge in [0.15, 0.2) is 0 Å². The summed E-state index contributed by atoms with van der Waals surface area (Å²) in [6.45, 7) is 5.37. The topological polar surface area (TPSA) is 55.2 Å². The van der Waals surface area contributed by atoms with Crippen molar-refractivity contribution in [2.75, 3.05) is 6.54 Å². The number of hydrogen-bond donors (Lipinski definition) is 1. The van der Waals surface area contributed by atoms with Gasteiger partial charge in [0.05, 0.1) is 9.40 Å². The van der Waals surface area contributed by atoms with Gasteiger partial charge in [-0.15, -0.1) is 0 Å². The quantitative estimate of drug-likeness (QED) is 0.532. The highest BCUT2D eigenvalue weighted by Gasteiger charge is 2.15. The minimum absolute atomic E-state index is 0.149. The molecule has 0 spiro atoms. The van der Waals surface area contributed by atoms with E-state index in [1.54, 1.807) is 6.07 Å². The summed E-state index contributed by atoms with van der Waals surface area (Å²) in [4.78, 5) is 10.6. The number of hydrogen-bond acceptors (Lipinski definition) is 3. The molecule has 0 aliphatic heterocycles. The fourth-order valence-corrected chi connectivity index (χ4v) is 2.88. The number of rotatable bonds is 9. The Kier molecular flexibility index (Phi) is 7.77. The molecule has 1 aromatic rings. The van der Waals surface area contributed by atoms with E-state index in [1.165, 1.54) is 6.07 Å². The molecule has 0 bridgehead atoms. The number of nitrogens with zero attached hydrogens (tertiary/aromatic N) is 1. The largest absolute Gasteiger partial charge is 0.314 e. The summed E-state index contributed by atoms with van der Waals surface area (Å²) in [5.41, 5.74) is 1.16. The van der Waals surface area contributed by atoms with E-state index in [1.807, 2.05) is 6.07 Å². The zero-order valence-corrected chi connectivity index (χ0v) is 13.8. The molecule has 0 saturated heterocycles. The smallest absolute Gasteiger partial charge is 0.283 e. The lowest BCUT2D eigenvalue weighted by molar-refractivity contribution is -0.385. The maximum atomic E-state index is 10.9. The number of aryl methyl sites for hydroxylation is 1. The molecule has 20 heavy (non-hydrogen) atoms. The highest BCUT2D eigenvalue weighted by molar-refractivity contribution is 9.10. The van der Waals surface area contributed by atoms with Crippen LogP contribution in [0, 0.1) is 10.1 Å². The van der Waals surface area contributed by atoms with Crippen molar-refractivity contribution >= 4 is 21.6 Å². The summed E-state index contributed by atoms with van der Waals surface area (Å²) in [5, 5.41) is 14.5. The molecule has 1 aromatic carbocycles. The van der Waals surface area contributed by atoms with Crippen LogP contribution in [0.1, 0.15) is 45.1 Å². The van der Waals surface area contributed by atoms with Gasteiger partial charge in [-0.2, -0.15) is 0 Å². The van der Waals surface area contributed by atoms with Crippen molar-refractivity contribution in [3.63, 3.8) is 0 Å². The summed E-state index contributed by atoms with van der Waals surface area (Å²) in [5.74, 6) is 0. The Hall–Kier alpha value is -0.940. The van der Waals surface area contributed by atoms with Gasteiger partial charge < -0.3 is 5.32 Å². The molecule has 4 nitrogen and oxygen atoms in total. The van der Waals surface area contributed by atoms with E-state index in [0.29, 0.717) is 10.5 Å². The summed E-state index contributed by atoms with van der Waals surface area (Å²) >= 11 is 3.36. The number of nitro groups is 1. The molecule has 0 fully saturated rings. The van der Waals surface area contributed by atoms with Gasteiger partial charge in [0, 0.05) is 12.1 Å². The molecule has 0 radical (unpaired) electrons. The first-order valence-corrected chi connectivity index (χ1v) is 8.04. The first kappa shape index (κ1) is 17.1. The molecule has 1 unspecified atom stereocenters. The van der Waals surface area contributed by atoms with Crippen LogP contribution in [0.4, 0.5) is 5.69 Å². The van der Waals surface area contributed by atoms with Crippen molar-refractivity contribution in [2.45, 2.75) is 52.0 Å². The van der Waals surface area contributed by atoms with Crippen molar-refractivity contribution in [3.05, 3.63) is 38.3 Å². The lowest BCUT2D eigenvalue weighted by atomic mass is 10.0. The third-order valence-corrected chi connectivity index (χ3v) is 4.25. The second-order valence-corrected chi connectivity index (χ2v) is 5.78. The molecule has 1 rings (SSSR count). The average molecular weight is 343 g/mol.